The van der Waals surface area contributed by atoms with Crippen LogP contribution in [-0.4, -0.2) is 33.2 Å². The maximum absolute atomic E-state index is 12.9. The van der Waals surface area contributed by atoms with E-state index >= 15 is 0 Å². The van der Waals surface area contributed by atoms with Gasteiger partial charge in [0.25, 0.3) is 17.5 Å². The number of hydrazine groups is 1. The summed E-state index contributed by atoms with van der Waals surface area (Å²) in [5.74, 6) is -0.0981. The van der Waals surface area contributed by atoms with Crippen molar-refractivity contribution in [2.45, 2.75) is 6.92 Å². The lowest BCUT2D eigenvalue weighted by Crippen LogP contribution is -2.44. The first-order valence-corrected chi connectivity index (χ1v) is 11.6. The molecule has 0 bridgehead atoms. The van der Waals surface area contributed by atoms with Gasteiger partial charge in [0.05, 0.1) is 39.2 Å². The minimum absolute atomic E-state index is 0.116. The number of aryl methyl sites for hydroxylation is 1. The van der Waals surface area contributed by atoms with Crippen molar-refractivity contribution in [2.24, 2.45) is 0 Å². The number of amides is 2. The number of thiocarbonyl (C=S) groups is 1. The Kier molecular flexibility index (Phi) is 6.92. The van der Waals surface area contributed by atoms with Gasteiger partial charge in [0, 0.05) is 12.1 Å². The fraction of sp³-hybridized carbons (Fsp3) is 0.0870. The Morgan fingerprint density at radius 1 is 1.26 bits per heavy atom. The van der Waals surface area contributed by atoms with Crippen LogP contribution < -0.4 is 10.2 Å². The van der Waals surface area contributed by atoms with Crippen molar-refractivity contribution >= 4 is 63.5 Å². The molecule has 1 aliphatic heterocycles. The van der Waals surface area contributed by atoms with E-state index in [4.69, 9.17) is 33.0 Å². The Morgan fingerprint density at radius 3 is 2.71 bits per heavy atom. The van der Waals surface area contributed by atoms with E-state index in [2.05, 4.69) is 5.43 Å². The van der Waals surface area contributed by atoms with Crippen molar-refractivity contribution in [1.82, 2.24) is 10.4 Å². The predicted molar refractivity (Wildman–Crippen MR) is 136 cm³/mol. The summed E-state index contributed by atoms with van der Waals surface area (Å²) >= 11 is 12.4. The lowest BCUT2D eigenvalue weighted by Gasteiger charge is -2.16. The fourth-order valence-electron chi connectivity index (χ4n) is 3.23. The number of methoxy groups -OCH3 is 1. The number of thioether (sulfide) groups is 1. The molecule has 0 atom stereocenters. The maximum Gasteiger partial charge on any atom is 0.285 e. The van der Waals surface area contributed by atoms with Crippen molar-refractivity contribution in [2.75, 3.05) is 7.11 Å². The van der Waals surface area contributed by atoms with Gasteiger partial charge in [0.2, 0.25) is 0 Å². The molecule has 9 nitrogen and oxygen atoms in total. The fourth-order valence-corrected chi connectivity index (χ4v) is 4.71. The summed E-state index contributed by atoms with van der Waals surface area (Å²) in [6, 6.07) is 12.4. The van der Waals surface area contributed by atoms with Crippen molar-refractivity contribution in [3.05, 3.63) is 85.5 Å². The van der Waals surface area contributed by atoms with E-state index < -0.39 is 16.7 Å². The van der Waals surface area contributed by atoms with Gasteiger partial charge in [-0.3, -0.25) is 25.1 Å². The molecule has 1 aliphatic rings. The van der Waals surface area contributed by atoms with Crippen LogP contribution in [0.1, 0.15) is 21.7 Å². The number of nitro benzene ring substituents is 1. The predicted octanol–water partition coefficient (Wildman–Crippen LogP) is 5.37. The van der Waals surface area contributed by atoms with Crippen molar-refractivity contribution in [3.8, 4) is 17.1 Å². The molecule has 2 amide bonds. The zero-order valence-corrected chi connectivity index (χ0v) is 20.6. The highest BCUT2D eigenvalue weighted by Crippen LogP contribution is 2.36. The Hall–Kier alpha value is -3.67. The normalized spacial score (nSPS) is 14.5. The molecule has 12 heteroatoms. The summed E-state index contributed by atoms with van der Waals surface area (Å²) < 4.78 is 11.2. The number of ether oxygens (including phenoxy) is 1. The number of hydrogen-bond donors (Lipinski definition) is 1. The molecule has 1 N–H and O–H groups in total. The zero-order chi connectivity index (χ0) is 25.3. The van der Waals surface area contributed by atoms with E-state index in [0.717, 1.165) is 22.3 Å². The van der Waals surface area contributed by atoms with Crippen molar-refractivity contribution < 1.29 is 23.7 Å². The number of non-ortho nitro benzene ring substituents is 1. The van der Waals surface area contributed by atoms with Gasteiger partial charge in [-0.05, 0) is 55.0 Å². The number of halogens is 1. The minimum Gasteiger partial charge on any atom is -0.496 e. The smallest absolute Gasteiger partial charge is 0.285 e. The second-order valence-electron chi connectivity index (χ2n) is 7.29. The molecule has 2 aromatic carbocycles. The van der Waals surface area contributed by atoms with Gasteiger partial charge < -0.3 is 9.15 Å². The van der Waals surface area contributed by atoms with Gasteiger partial charge in [0.15, 0.2) is 4.32 Å². The molecule has 1 fully saturated rings. The highest BCUT2D eigenvalue weighted by Gasteiger charge is 2.34. The number of furan rings is 1. The Bertz CT molecular complexity index is 1420. The molecule has 0 saturated carbocycles. The topological polar surface area (TPSA) is 115 Å². The lowest BCUT2D eigenvalue weighted by atomic mass is 10.1. The van der Waals surface area contributed by atoms with Gasteiger partial charge in [-0.15, -0.1) is 0 Å². The zero-order valence-electron chi connectivity index (χ0n) is 18.2. The molecule has 3 aromatic rings. The minimum atomic E-state index is -0.571. The van der Waals surface area contributed by atoms with E-state index in [9.17, 15) is 19.7 Å². The summed E-state index contributed by atoms with van der Waals surface area (Å²) in [5, 5.41) is 12.3. The van der Waals surface area contributed by atoms with E-state index in [1.54, 1.807) is 30.3 Å². The first-order valence-electron chi connectivity index (χ1n) is 9.95. The van der Waals surface area contributed by atoms with Gasteiger partial charge in [-0.1, -0.05) is 29.4 Å². The van der Waals surface area contributed by atoms with Crippen LogP contribution in [0.15, 0.2) is 57.9 Å². The molecule has 0 unspecified atom stereocenters. The number of nitrogens with one attached hydrogen (secondary N) is 1. The first-order chi connectivity index (χ1) is 16.7. The molecular formula is C23H16ClN3O6S2. The molecule has 0 aliphatic carbocycles. The lowest BCUT2D eigenvalue weighted by molar-refractivity contribution is -0.384. The number of carbonyl (C=O) groups is 2. The molecular weight excluding hydrogens is 514 g/mol. The SMILES string of the molecule is COc1cc([N+](=O)[O-])ccc1-c1ccc(/C=C2/SC(=S)N(NC(=O)c3ccc(C)cc3Cl)C2=O)o1. The summed E-state index contributed by atoms with van der Waals surface area (Å²) in [6.45, 7) is 1.85. The molecule has 4 rings (SSSR count). The van der Waals surface area contributed by atoms with E-state index in [1.807, 2.05) is 6.92 Å². The first kappa shape index (κ1) is 24.5. The highest BCUT2D eigenvalue weighted by molar-refractivity contribution is 8.26. The van der Waals surface area contributed by atoms with E-state index in [-0.39, 0.29) is 31.2 Å². The largest absolute Gasteiger partial charge is 0.496 e. The molecule has 35 heavy (non-hydrogen) atoms. The third-order valence-electron chi connectivity index (χ3n) is 4.94. The summed E-state index contributed by atoms with van der Waals surface area (Å²) in [7, 11) is 1.40. The number of nitrogens with zero attached hydrogens (tertiary/aromatic N) is 2. The molecule has 0 radical (unpaired) electrons. The number of hydrogen-bond acceptors (Lipinski definition) is 8. The Morgan fingerprint density at radius 2 is 2.03 bits per heavy atom. The number of carbonyl (C=O) groups excluding carboxylic acids is 2. The molecule has 1 saturated heterocycles. The monoisotopic (exact) mass is 529 g/mol. The van der Waals surface area contributed by atoms with Crippen LogP contribution in [0.3, 0.4) is 0 Å². The van der Waals surface area contributed by atoms with Gasteiger partial charge in [-0.2, -0.15) is 5.01 Å². The highest BCUT2D eigenvalue weighted by atomic mass is 35.5. The number of rotatable bonds is 6. The maximum atomic E-state index is 12.9. The summed E-state index contributed by atoms with van der Waals surface area (Å²) in [4.78, 5) is 36.2. The summed E-state index contributed by atoms with van der Waals surface area (Å²) in [6.07, 6.45) is 1.49. The van der Waals surface area contributed by atoms with Gasteiger partial charge in [0.1, 0.15) is 17.3 Å². The van der Waals surface area contributed by atoms with Crippen LogP contribution in [-0.2, 0) is 4.79 Å². The molecule has 1 aromatic heterocycles. The van der Waals surface area contributed by atoms with Gasteiger partial charge in [-0.25, -0.2) is 0 Å². The Balaban J connectivity index is 1.54. The Labute approximate surface area is 213 Å². The third-order valence-corrected chi connectivity index (χ3v) is 6.55. The number of nitro groups is 1. The van der Waals surface area contributed by atoms with E-state index in [1.165, 1.54) is 31.4 Å². The quantitative estimate of drug-likeness (QED) is 0.196. The number of benzene rings is 2. The van der Waals surface area contributed by atoms with Crippen LogP contribution >= 0.6 is 35.6 Å². The molecule has 2 heterocycles. The second-order valence-corrected chi connectivity index (χ2v) is 9.37. The van der Waals surface area contributed by atoms with Crippen LogP contribution in [0.5, 0.6) is 5.75 Å². The average Bonchev–Trinajstić information content (AvgIpc) is 3.38. The van der Waals surface area contributed by atoms with Gasteiger partial charge >= 0.3 is 0 Å². The second kappa shape index (κ2) is 9.90. The van der Waals surface area contributed by atoms with Crippen molar-refractivity contribution in [1.29, 1.82) is 0 Å². The van der Waals surface area contributed by atoms with Crippen molar-refractivity contribution in [3.63, 3.8) is 0 Å². The molecule has 0 spiro atoms. The summed E-state index contributed by atoms with van der Waals surface area (Å²) in [5.41, 5.74) is 3.98. The average molecular weight is 530 g/mol. The standard InChI is InChI=1S/C23H16ClN3O6S2/c1-12-3-6-15(17(24)9-12)21(28)25-26-22(29)20(35-23(26)34)11-14-5-8-18(33-14)16-7-4-13(27(30)31)10-19(16)32-2/h3-11H,1-2H3,(H,25,28)/b20-11+. The van der Waals surface area contributed by atoms with Crippen LogP contribution in [0.25, 0.3) is 17.4 Å². The van der Waals surface area contributed by atoms with Crippen LogP contribution in [0.2, 0.25) is 5.02 Å². The third kappa shape index (κ3) is 5.06. The van der Waals surface area contributed by atoms with Crippen LogP contribution in [0.4, 0.5) is 5.69 Å². The van der Waals surface area contributed by atoms with Crippen LogP contribution in [0, 0.1) is 17.0 Å². The van der Waals surface area contributed by atoms with E-state index in [0.29, 0.717) is 17.1 Å². The molecule has 178 valence electrons.